The van der Waals surface area contributed by atoms with E-state index in [9.17, 15) is 38.0 Å². The summed E-state index contributed by atoms with van der Waals surface area (Å²) in [6.07, 6.45) is 37.4. The summed E-state index contributed by atoms with van der Waals surface area (Å²) in [6, 6.07) is 4.12. The highest BCUT2D eigenvalue weighted by molar-refractivity contribution is 5.88. The number of rotatable bonds is 8. The molecule has 22 heteroatoms. The number of methoxy groups -OCH3 is 1. The van der Waals surface area contributed by atoms with E-state index in [1.807, 2.05) is 159 Å². The molecule has 4 aliphatic heterocycles. The van der Waals surface area contributed by atoms with E-state index >= 15 is 0 Å². The number of carbonyl (C=O) groups excluding carboxylic acids is 7. The van der Waals surface area contributed by atoms with E-state index in [1.54, 1.807) is 63.3 Å². The van der Waals surface area contributed by atoms with E-state index in [1.165, 1.54) is 38.5 Å². The lowest BCUT2D eigenvalue weighted by atomic mass is 9.90. The second kappa shape index (κ2) is 68.8. The smallest absolute Gasteiger partial charge is 0.246 e. The van der Waals surface area contributed by atoms with Gasteiger partial charge in [-0.1, -0.05) is 334 Å². The molecule has 7 amide bonds. The number of aryl methyl sites for hydroxylation is 1. The molecule has 2 aromatic rings. The van der Waals surface area contributed by atoms with Gasteiger partial charge in [-0.25, -0.2) is 0 Å². The number of likely N-dealkylation sites (tertiary alicyclic amines) is 2. The van der Waals surface area contributed by atoms with Crippen LogP contribution in [0.1, 0.15) is 368 Å². The maximum absolute atomic E-state index is 11.7. The van der Waals surface area contributed by atoms with Gasteiger partial charge in [0.1, 0.15) is 0 Å². The Morgan fingerprint density at radius 2 is 0.851 bits per heavy atom. The van der Waals surface area contributed by atoms with Gasteiger partial charge in [0, 0.05) is 155 Å². The molecule has 21 nitrogen and oxygen atoms in total. The molecule has 6 rings (SSSR count). The minimum absolute atomic E-state index is 0.0416. The normalized spacial score (nSPS) is 14.4. The molecular weight excluding hydrogens is 1680 g/mol. The molecule has 4 fully saturated rings. The Bertz CT molecular complexity index is 3550. The SMILES string of the molecule is C#C/C=C/C(C)(C)C.C#CCC(C)(C)C.CC(C)(C)/C=C/C(=O)N1CCOCC1.CC(C)(C)C(=O)N1CCCC1.CC(C)(C)C(=O)N1CCCCC1.CC(C)(C)CC(N)=O.CC(C)(C)CCC(=O)N1CCOCC1.CC(C)(C)CF.CC(C)(C)Cn1cccc1.CCC(C)(C)C.CN(C)C(=O)/C=C/C(C)(C)C.CN(C)C(=O)C(C)(C)C.COCC(C)(C)C.Cc1cn(CC(C)(C)C)nn1. The van der Waals surface area contributed by atoms with Crippen molar-refractivity contribution >= 4 is 41.4 Å². The minimum Gasteiger partial charge on any atom is -0.384 e. The number of piperidine rings is 1. The van der Waals surface area contributed by atoms with Gasteiger partial charge in [-0.05, 0) is 135 Å². The van der Waals surface area contributed by atoms with Gasteiger partial charge < -0.3 is 53.9 Å². The number of halogens is 1. The van der Waals surface area contributed by atoms with Gasteiger partial charge in [-0.2, -0.15) is 0 Å². The lowest BCUT2D eigenvalue weighted by Gasteiger charge is -2.32. The third-order valence-electron chi connectivity index (χ3n) is 17.7. The van der Waals surface area contributed by atoms with E-state index in [0.29, 0.717) is 85.8 Å². The number of morpholine rings is 2. The van der Waals surface area contributed by atoms with Crippen LogP contribution in [0, 0.1) is 107 Å². The van der Waals surface area contributed by atoms with E-state index < -0.39 is 0 Å². The summed E-state index contributed by atoms with van der Waals surface area (Å²) in [5.74, 6) is 6.03. The number of aromatic nitrogens is 4. The van der Waals surface area contributed by atoms with Gasteiger partial charge in [0.05, 0.1) is 45.4 Å². The fraction of sp³-hybridized carbons (Fsp3) is 0.795. The molecule has 0 atom stereocenters. The van der Waals surface area contributed by atoms with Crippen LogP contribution in [0.25, 0.3) is 0 Å². The highest BCUT2D eigenvalue weighted by Gasteiger charge is 2.30. The van der Waals surface area contributed by atoms with Gasteiger partial charge in [-0.3, -0.25) is 42.6 Å². The highest BCUT2D eigenvalue weighted by Crippen LogP contribution is 2.26. The molecule has 0 saturated carbocycles. The number of likely N-dealkylation sites (N-methyl/N-ethyl adjacent to an activating group) is 1. The van der Waals surface area contributed by atoms with Gasteiger partial charge in [0.25, 0.3) is 0 Å². The predicted octanol–water partition coefficient (Wildman–Crippen LogP) is 25.1. The number of amides is 7. The summed E-state index contributed by atoms with van der Waals surface area (Å²) in [4.78, 5) is 89.9. The Balaban J connectivity index is -0.000000214. The largest absolute Gasteiger partial charge is 0.384 e. The molecule has 2 N–H and O–H groups in total. The van der Waals surface area contributed by atoms with Gasteiger partial charge in [0.15, 0.2) is 0 Å². The summed E-state index contributed by atoms with van der Waals surface area (Å²) >= 11 is 0. The average Bonchev–Trinajstić information content (AvgIpc) is 1.35. The van der Waals surface area contributed by atoms with Crippen LogP contribution < -0.4 is 5.73 Å². The highest BCUT2D eigenvalue weighted by atomic mass is 19.1. The Kier molecular flexibility index (Phi) is 73.0. The molecule has 0 unspecified atom stereocenters. The average molecular weight is 1890 g/mol. The molecule has 6 heterocycles. The van der Waals surface area contributed by atoms with Crippen LogP contribution in [0.2, 0.25) is 0 Å². The number of nitrogens with two attached hydrogens (primary N) is 1. The first kappa shape index (κ1) is 142. The van der Waals surface area contributed by atoms with Crippen LogP contribution in [0.15, 0.2) is 67.2 Å². The maximum atomic E-state index is 11.7. The topological polar surface area (TPSA) is 228 Å². The number of hydrogen-bond donors (Lipinski definition) is 1. The lowest BCUT2D eigenvalue weighted by Crippen LogP contribution is -2.42. The number of allylic oxidation sites excluding steroid dienone is 4. The quantitative estimate of drug-likeness (QED) is 0.192. The van der Waals surface area contributed by atoms with Crippen molar-refractivity contribution in [3.63, 3.8) is 0 Å². The summed E-state index contributed by atoms with van der Waals surface area (Å²) in [6.45, 7) is 104. The zero-order valence-electron chi connectivity index (χ0n) is 96.4. The molecule has 0 spiro atoms. The van der Waals surface area contributed by atoms with Crippen LogP contribution in [-0.4, -0.2) is 218 Å². The predicted molar refractivity (Wildman–Crippen MR) is 571 cm³/mol. The van der Waals surface area contributed by atoms with Crippen molar-refractivity contribution in [3.05, 3.63) is 72.9 Å². The van der Waals surface area contributed by atoms with Crippen molar-refractivity contribution in [1.29, 1.82) is 0 Å². The number of terminal acetylenes is 2. The summed E-state index contributed by atoms with van der Waals surface area (Å²) in [5, 5.41) is 7.88. The zero-order valence-corrected chi connectivity index (χ0v) is 96.4. The number of nitrogens with zero attached hydrogens (tertiary/aromatic N) is 10. The Morgan fingerprint density at radius 1 is 0.478 bits per heavy atom. The third kappa shape index (κ3) is 107. The number of alkyl halides is 1. The first-order chi connectivity index (χ1) is 60.0. The second-order valence-corrected chi connectivity index (χ2v) is 51.6. The summed E-state index contributed by atoms with van der Waals surface area (Å²) in [5.41, 5.74) is 7.71. The van der Waals surface area contributed by atoms with Gasteiger partial charge in [-0.15, -0.1) is 23.9 Å². The molecular formula is C112H214FN11O10. The number of ether oxygens (including phenoxy) is 3. The molecule has 2 aromatic heterocycles. The lowest BCUT2D eigenvalue weighted by molar-refractivity contribution is -0.140. The van der Waals surface area contributed by atoms with Crippen molar-refractivity contribution in [2.75, 3.05) is 127 Å². The van der Waals surface area contributed by atoms with Crippen LogP contribution in [0.4, 0.5) is 4.39 Å². The second-order valence-electron chi connectivity index (χ2n) is 51.6. The molecule has 0 bridgehead atoms. The van der Waals surface area contributed by atoms with Gasteiger partial charge >= 0.3 is 0 Å². The number of carbonyl (C=O) groups is 7. The standard InChI is InChI=1S/C11H21NO2.C11H19NO2.C10H19NO.2C9H17NO.C9H15N.C8H15N3.C8H12.C7H15NO.C7H12.C6H13NO.C6H14O.C6H14.C5H11F/c2*1-11(2,3)5-4-10(13)12-6-8-14-9-7-12;1-10(2,3)9(12)11-7-5-4-6-8-11;1-9(2,3)8(11)10-6-4-5-7-10;1-9(2,3)7-6-8(11)10(4)5;1-9(2,3)8-10-6-4-5-7-10;1-7-5-11(10-9-7)6-8(2,3)4;1-5-6-7-8(2,3)4;1-7(2,3)6(9)8(4)5;1-5-6-7(2,3)4;1-6(2,3)4-5(7)8;1-6(2,3)5-7-4;1-5-6(2,3)4;1-5(2,3)4-6/h4-9H2,1-3H3;4-5H,6-9H2,1-3H3;4-8H2,1-3H3;4-7H2,1-3H3;6-7H,1-5H3;4-7H,8H2,1-3H3;5H,6H2,1-4H3;1,6-7H,2-4H3;1-5H3;1H,6H2,2-4H3;4H2,1-3H3,(H2,7,8);5H2,1-4H3;5H2,1-4H3;4H2,1-3H3/b;5-4+;;;7-6+;;;7-6+;;;;;;. The van der Waals surface area contributed by atoms with E-state index in [4.69, 9.17) is 32.8 Å². The van der Waals surface area contributed by atoms with E-state index in [2.05, 4.69) is 245 Å². The van der Waals surface area contributed by atoms with Gasteiger partial charge in [0.2, 0.25) is 41.4 Å². The van der Waals surface area contributed by atoms with Crippen molar-refractivity contribution in [3.8, 4) is 24.7 Å². The van der Waals surface area contributed by atoms with Crippen molar-refractivity contribution in [1.82, 2.24) is 49.0 Å². The van der Waals surface area contributed by atoms with Crippen molar-refractivity contribution < 1.29 is 52.2 Å². The molecule has 0 aromatic carbocycles. The maximum Gasteiger partial charge on any atom is 0.246 e. The van der Waals surface area contributed by atoms with Crippen molar-refractivity contribution in [2.24, 2.45) is 81.5 Å². The Labute approximate surface area is 826 Å². The molecule has 134 heavy (non-hydrogen) atoms. The summed E-state index contributed by atoms with van der Waals surface area (Å²) in [7, 11) is 8.76. The van der Waals surface area contributed by atoms with Crippen LogP contribution in [-0.2, 0) is 60.9 Å². The fourth-order valence-electron chi connectivity index (χ4n) is 10.3. The fourth-order valence-corrected chi connectivity index (χ4v) is 10.3. The van der Waals surface area contributed by atoms with E-state index in [0.717, 1.165) is 77.5 Å². The van der Waals surface area contributed by atoms with E-state index in [-0.39, 0.29) is 90.4 Å². The zero-order chi connectivity index (χ0) is 107. The van der Waals surface area contributed by atoms with Crippen LogP contribution in [0.3, 0.4) is 0 Å². The number of hydrogen-bond acceptors (Lipinski definition) is 12. The molecule has 4 aliphatic rings. The van der Waals surface area contributed by atoms with Crippen LogP contribution in [0.5, 0.6) is 0 Å². The number of primary amides is 1. The van der Waals surface area contributed by atoms with Crippen LogP contribution >= 0.6 is 0 Å². The molecule has 4 saturated heterocycles. The Hall–Kier alpha value is -7.14. The first-order valence-electron chi connectivity index (χ1n) is 49.0. The molecule has 0 aliphatic carbocycles. The molecule has 784 valence electrons. The summed E-state index contributed by atoms with van der Waals surface area (Å²) < 4.78 is 30.9. The monoisotopic (exact) mass is 1890 g/mol. The Morgan fingerprint density at radius 3 is 1.07 bits per heavy atom. The third-order valence-corrected chi connectivity index (χ3v) is 17.7. The molecule has 0 radical (unpaired) electrons. The minimum atomic E-state index is -0.233. The first-order valence-corrected chi connectivity index (χ1v) is 49.0. The van der Waals surface area contributed by atoms with Crippen molar-refractivity contribution in [2.45, 2.75) is 382 Å².